The first-order valence-electron chi connectivity index (χ1n) is 45.7. The molecule has 0 spiro atoms. The standard InChI is InChI=1S/C22H31NO2S.C20H28N2.C19H27NO.C17H26N4.C17H28N2O.C17H27N/c1-21(2,3)18-12-8-16(9-13-18)20(23-22(4,5)6)17-10-14-19(15-11-17)26(7,24)25;1-19(2,3)17-9-7-15(8-10-17)18(22-20(4,5)6)16-11-13-21-14-12-16;1-18(2,3)15-11-9-14(10-12-15)17(20-19(4,5)6)16-8-7-13-21-16;1-16(2,3)13-9-7-12(8-10-13)15(19-17(4,5)6)14-11-18-21-20-14;1-16(2,3)13-10-8-12(9-11-13)14(15(20)18-7)19-17(4,5)6;1-8-15(18-17(5,6)7)13-9-11-14(12-10-13)16(2,3)4/h8-15,20,23H,1-7H3;7-14,18,22H,1-6H3;7-13,17,20H,1-6H3;7-11,15,19H,1-6H3,(H,18,20,21);8-11,14,19H,1-7H3,(H,18,20);8-12,15,18H,1H2,2-7H3. The van der Waals surface area contributed by atoms with E-state index in [1.165, 1.54) is 73.0 Å². The normalized spacial score (nSPS) is 14.1. The summed E-state index contributed by atoms with van der Waals surface area (Å²) in [5.74, 6) is 0.942. The molecule has 15 nitrogen and oxygen atoms in total. The highest BCUT2D eigenvalue weighted by atomic mass is 32.2. The molecule has 16 heteroatoms. The molecule has 0 aliphatic heterocycles. The maximum Gasteiger partial charge on any atom is 0.241 e. The number of nitrogens with one attached hydrogen (secondary N) is 8. The van der Waals surface area contributed by atoms with Crippen molar-refractivity contribution in [2.45, 2.75) is 356 Å². The molecule has 0 radical (unpaired) electrons. The largest absolute Gasteiger partial charge is 0.467 e. The van der Waals surface area contributed by atoms with E-state index < -0.39 is 9.84 Å². The Morgan fingerprint density at radius 3 is 0.891 bits per heavy atom. The molecule has 700 valence electrons. The number of aromatic amines is 1. The molecule has 0 bridgehead atoms. The number of amides is 1. The number of benzene rings is 7. The van der Waals surface area contributed by atoms with Crippen molar-refractivity contribution < 1.29 is 17.6 Å². The lowest BCUT2D eigenvalue weighted by Gasteiger charge is -2.30. The lowest BCUT2D eigenvalue weighted by Crippen LogP contribution is -2.45. The predicted octanol–water partition coefficient (Wildman–Crippen LogP) is 26.1. The highest BCUT2D eigenvalue weighted by Crippen LogP contribution is 2.36. The van der Waals surface area contributed by atoms with E-state index in [4.69, 9.17) is 4.42 Å². The van der Waals surface area contributed by atoms with Gasteiger partial charge >= 0.3 is 0 Å². The van der Waals surface area contributed by atoms with Crippen molar-refractivity contribution in [1.82, 2.24) is 57.6 Å². The minimum Gasteiger partial charge on any atom is -0.467 e. The van der Waals surface area contributed by atoms with Crippen LogP contribution in [0.25, 0.3) is 0 Å². The summed E-state index contributed by atoms with van der Waals surface area (Å²) in [5.41, 5.74) is 19.2. The molecule has 0 saturated carbocycles. The van der Waals surface area contributed by atoms with Gasteiger partial charge in [-0.2, -0.15) is 15.4 Å². The van der Waals surface area contributed by atoms with Crippen LogP contribution < -0.4 is 37.2 Å². The van der Waals surface area contributed by atoms with Crippen LogP contribution in [0.15, 0.2) is 241 Å². The molecule has 1 amide bonds. The van der Waals surface area contributed by atoms with Crippen LogP contribution in [-0.4, -0.2) is 81.3 Å². The van der Waals surface area contributed by atoms with Crippen LogP contribution in [0, 0.1) is 0 Å². The number of likely N-dealkylation sites (N-methyl/N-ethyl adjacent to an activating group) is 1. The smallest absolute Gasteiger partial charge is 0.241 e. The van der Waals surface area contributed by atoms with E-state index >= 15 is 0 Å². The number of H-pyrrole nitrogens is 1. The zero-order chi connectivity index (χ0) is 97.0. The zero-order valence-corrected chi connectivity index (χ0v) is 86.7. The first-order chi connectivity index (χ1) is 58.4. The third-order valence-corrected chi connectivity index (χ3v) is 22.3. The zero-order valence-electron chi connectivity index (χ0n) is 85.9. The van der Waals surface area contributed by atoms with Gasteiger partial charge in [0.05, 0.1) is 47.6 Å². The third-order valence-electron chi connectivity index (χ3n) is 21.1. The van der Waals surface area contributed by atoms with E-state index in [0.29, 0.717) is 4.90 Å². The number of carbonyl (C=O) groups excluding carboxylic acids is 1. The monoisotopic (exact) mass is 1760 g/mol. The van der Waals surface area contributed by atoms with Gasteiger partial charge in [0, 0.05) is 58.9 Å². The Morgan fingerprint density at radius 1 is 0.352 bits per heavy atom. The lowest BCUT2D eigenvalue weighted by atomic mass is 9.85. The topological polar surface area (TPSA) is 203 Å². The van der Waals surface area contributed by atoms with E-state index in [1.807, 2.05) is 54.9 Å². The summed E-state index contributed by atoms with van der Waals surface area (Å²) < 4.78 is 29.1. The summed E-state index contributed by atoms with van der Waals surface area (Å²) in [4.78, 5) is 16.6. The first kappa shape index (κ1) is 110. The minimum atomic E-state index is -3.19. The first-order valence-corrected chi connectivity index (χ1v) is 47.6. The molecule has 3 heterocycles. The molecular formula is C112H167N11O4S. The van der Waals surface area contributed by atoms with Crippen molar-refractivity contribution in [3.05, 3.63) is 321 Å². The molecular weight excluding hydrogens is 1600 g/mol. The number of rotatable bonds is 19. The predicted molar refractivity (Wildman–Crippen MR) is 544 cm³/mol. The second-order valence-electron chi connectivity index (χ2n) is 46.6. The SMILES string of the molecule is C=CC(NC(C)(C)C)c1ccc(C(C)(C)C)cc1.CC(C)(C)NC(c1ccc(C(C)(C)C)cc1)c1ccc(S(C)(=O)=O)cc1.CC(C)(C)NC(c1ccc(C(C)(C)C)cc1)c1ccco1.CC(C)(C)NC(c1ccc(C(C)(C)C)cc1)c1cn[nH]n1.CC(C)(C)NC(c1ccncc1)c1ccc(C(C)(C)C)cc1.CNC(=O)C(NC(C)(C)C)c1ccc(C(C)(C)C)cc1. The number of sulfone groups is 1. The third kappa shape index (κ3) is 38.2. The summed E-state index contributed by atoms with van der Waals surface area (Å²) >= 11 is 0. The Balaban J connectivity index is 0.000000273. The van der Waals surface area contributed by atoms with E-state index in [9.17, 15) is 13.2 Å². The number of carbonyl (C=O) groups is 1. The molecule has 0 fully saturated rings. The van der Waals surface area contributed by atoms with Crippen molar-refractivity contribution in [3.63, 3.8) is 0 Å². The summed E-state index contributed by atoms with van der Waals surface area (Å²) in [5, 5.41) is 35.2. The maximum absolute atomic E-state index is 12.1. The van der Waals surface area contributed by atoms with E-state index in [0.717, 1.165) is 22.6 Å². The molecule has 10 aromatic rings. The number of aromatic nitrogens is 4. The van der Waals surface area contributed by atoms with Gasteiger partial charge < -0.3 is 31.0 Å². The lowest BCUT2D eigenvalue weighted by molar-refractivity contribution is -0.123. The Morgan fingerprint density at radius 2 is 0.625 bits per heavy atom. The van der Waals surface area contributed by atoms with Gasteiger partial charge in [0.2, 0.25) is 5.91 Å². The number of pyridine rings is 1. The van der Waals surface area contributed by atoms with E-state index in [2.05, 4.69) is 459 Å². The molecule has 0 aliphatic rings. The summed E-state index contributed by atoms with van der Waals surface area (Å²) in [7, 11) is -1.52. The number of nitrogens with zero attached hydrogens (tertiary/aromatic N) is 3. The van der Waals surface area contributed by atoms with Gasteiger partial charge in [0.1, 0.15) is 17.5 Å². The highest BCUT2D eigenvalue weighted by molar-refractivity contribution is 7.90. The number of hydrogen-bond acceptors (Lipinski definition) is 13. The van der Waals surface area contributed by atoms with Gasteiger partial charge in [0.15, 0.2) is 9.84 Å². The van der Waals surface area contributed by atoms with Crippen molar-refractivity contribution in [1.29, 1.82) is 0 Å². The Hall–Kier alpha value is -8.97. The molecule has 6 unspecified atom stereocenters. The van der Waals surface area contributed by atoms with Gasteiger partial charge in [-0.15, -0.1) is 6.58 Å². The van der Waals surface area contributed by atoms with Crippen LogP contribution in [0.5, 0.6) is 0 Å². The Kier molecular flexibility index (Phi) is 38.3. The van der Waals surface area contributed by atoms with Crippen LogP contribution in [0.1, 0.15) is 375 Å². The summed E-state index contributed by atoms with van der Waals surface area (Å²) in [6, 6.07) is 67.9. The average molecular weight is 1760 g/mol. The summed E-state index contributed by atoms with van der Waals surface area (Å²) in [6.45, 7) is 82.6. The van der Waals surface area contributed by atoms with Gasteiger partial charge in [0.25, 0.3) is 0 Å². The maximum atomic E-state index is 12.1. The van der Waals surface area contributed by atoms with E-state index in [1.54, 1.807) is 31.6 Å². The quantitative estimate of drug-likeness (QED) is 0.0356. The molecule has 7 aromatic carbocycles. The second kappa shape index (κ2) is 44.8. The van der Waals surface area contributed by atoms with Crippen molar-refractivity contribution in [3.8, 4) is 0 Å². The second-order valence-corrected chi connectivity index (χ2v) is 48.6. The number of furan rings is 1. The van der Waals surface area contributed by atoms with Gasteiger partial charge in [-0.3, -0.25) is 20.4 Å². The molecule has 6 atom stereocenters. The highest BCUT2D eigenvalue weighted by Gasteiger charge is 2.31. The van der Waals surface area contributed by atoms with Crippen molar-refractivity contribution >= 4 is 15.7 Å². The van der Waals surface area contributed by atoms with E-state index in [-0.39, 0.29) is 108 Å². The molecule has 128 heavy (non-hydrogen) atoms. The van der Waals surface area contributed by atoms with Crippen LogP contribution in [0.2, 0.25) is 0 Å². The minimum absolute atomic E-state index is 0.00220. The van der Waals surface area contributed by atoms with Crippen LogP contribution in [-0.2, 0) is 47.1 Å². The Bertz CT molecular complexity index is 4930. The fourth-order valence-corrected chi connectivity index (χ4v) is 14.7. The van der Waals surface area contributed by atoms with Gasteiger partial charge in [-0.1, -0.05) is 288 Å². The fraction of sp³-hybridized carbons (Fsp3) is 0.500. The summed E-state index contributed by atoms with van der Waals surface area (Å²) in [6.07, 6.45) is 10.4. The Labute approximate surface area is 776 Å². The molecule has 8 N–H and O–H groups in total. The number of hydrogen-bond donors (Lipinski definition) is 8. The van der Waals surface area contributed by atoms with Crippen molar-refractivity contribution in [2.75, 3.05) is 13.3 Å². The van der Waals surface area contributed by atoms with Crippen LogP contribution in [0.4, 0.5) is 0 Å². The molecule has 0 saturated heterocycles. The fourth-order valence-electron chi connectivity index (χ4n) is 14.1. The molecule has 10 rings (SSSR count). The van der Waals surface area contributed by atoms with Crippen LogP contribution >= 0.6 is 0 Å². The van der Waals surface area contributed by atoms with Gasteiger partial charge in [-0.25, -0.2) is 8.42 Å². The average Bonchev–Trinajstić information content (AvgIpc) is 1.51. The molecule has 0 aliphatic carbocycles. The molecule has 3 aromatic heterocycles. The van der Waals surface area contributed by atoms with Crippen molar-refractivity contribution in [2.24, 2.45) is 0 Å². The van der Waals surface area contributed by atoms with Gasteiger partial charge in [-0.05, 0) is 271 Å². The van der Waals surface area contributed by atoms with Crippen LogP contribution in [0.3, 0.4) is 0 Å².